The van der Waals surface area contributed by atoms with Crippen LogP contribution in [0.5, 0.6) is 0 Å². The summed E-state index contributed by atoms with van der Waals surface area (Å²) in [6.45, 7) is 5.89. The Kier molecular flexibility index (Phi) is 4.25. The van der Waals surface area contributed by atoms with E-state index in [9.17, 15) is 4.79 Å². The lowest BCUT2D eigenvalue weighted by molar-refractivity contribution is 0.0697. The number of aromatic nitrogens is 2. The first kappa shape index (κ1) is 14.7. The molecule has 0 aliphatic carbocycles. The number of nitrogens with zero attached hydrogens (tertiary/aromatic N) is 2. The monoisotopic (exact) mass is 311 g/mol. The van der Waals surface area contributed by atoms with Crippen molar-refractivity contribution < 1.29 is 9.90 Å². The Balaban J connectivity index is 2.24. The number of carboxylic acids is 1. The van der Waals surface area contributed by atoms with Crippen molar-refractivity contribution in [3.63, 3.8) is 0 Å². The molecule has 2 aromatic heterocycles. The Morgan fingerprint density at radius 1 is 1.50 bits per heavy atom. The fourth-order valence-electron chi connectivity index (χ4n) is 1.92. The van der Waals surface area contributed by atoms with Gasteiger partial charge in [-0.1, -0.05) is 11.6 Å². The minimum Gasteiger partial charge on any atom is -0.478 e. The molecule has 0 saturated carbocycles. The summed E-state index contributed by atoms with van der Waals surface area (Å²) in [5.41, 5.74) is 1.01. The Labute approximate surface area is 125 Å². The largest absolute Gasteiger partial charge is 0.478 e. The van der Waals surface area contributed by atoms with E-state index >= 15 is 0 Å². The van der Waals surface area contributed by atoms with Gasteiger partial charge in [-0.15, -0.1) is 11.3 Å². The van der Waals surface area contributed by atoms with E-state index in [0.29, 0.717) is 5.82 Å². The van der Waals surface area contributed by atoms with E-state index in [4.69, 9.17) is 16.7 Å². The predicted molar refractivity (Wildman–Crippen MR) is 79.8 cm³/mol. The topological polar surface area (TPSA) is 75.1 Å². The molecule has 2 aromatic rings. The molecule has 1 atom stereocenters. The summed E-state index contributed by atoms with van der Waals surface area (Å²) in [5.74, 6) is -0.595. The van der Waals surface area contributed by atoms with Gasteiger partial charge in [-0.25, -0.2) is 14.8 Å². The SMILES string of the molecule is Cc1nc(C)c(C(C)Nc2cc(C(=O)O)c(Cl)cn2)s1. The van der Waals surface area contributed by atoms with Gasteiger partial charge in [0.05, 0.1) is 27.3 Å². The number of thiazole rings is 1. The number of aromatic carboxylic acids is 1. The normalized spacial score (nSPS) is 12.2. The van der Waals surface area contributed by atoms with Crippen molar-refractivity contribution in [2.75, 3.05) is 5.32 Å². The summed E-state index contributed by atoms with van der Waals surface area (Å²) in [6, 6.07) is 1.43. The van der Waals surface area contributed by atoms with Gasteiger partial charge in [0.15, 0.2) is 0 Å². The third-order valence-corrected chi connectivity index (χ3v) is 4.34. The molecule has 0 bridgehead atoms. The highest BCUT2D eigenvalue weighted by atomic mass is 35.5. The molecule has 2 rings (SSSR count). The zero-order valence-electron chi connectivity index (χ0n) is 11.3. The van der Waals surface area contributed by atoms with Crippen molar-refractivity contribution >= 4 is 34.7 Å². The van der Waals surface area contributed by atoms with E-state index in [2.05, 4.69) is 15.3 Å². The Morgan fingerprint density at radius 2 is 2.20 bits per heavy atom. The van der Waals surface area contributed by atoms with Gasteiger partial charge in [-0.2, -0.15) is 0 Å². The average molecular weight is 312 g/mol. The first-order chi connectivity index (χ1) is 9.38. The van der Waals surface area contributed by atoms with Crippen molar-refractivity contribution in [3.8, 4) is 0 Å². The molecule has 0 radical (unpaired) electrons. The van der Waals surface area contributed by atoms with Crippen LogP contribution in [0.25, 0.3) is 0 Å². The van der Waals surface area contributed by atoms with Crippen LogP contribution in [0.4, 0.5) is 5.82 Å². The summed E-state index contributed by atoms with van der Waals surface area (Å²) in [5, 5.41) is 13.3. The van der Waals surface area contributed by atoms with E-state index in [0.717, 1.165) is 15.6 Å². The smallest absolute Gasteiger partial charge is 0.337 e. The van der Waals surface area contributed by atoms with Gasteiger partial charge in [0.25, 0.3) is 0 Å². The third kappa shape index (κ3) is 3.08. The number of rotatable bonds is 4. The molecular formula is C13H14ClN3O2S. The number of carboxylic acid groups (broad SMARTS) is 1. The first-order valence-electron chi connectivity index (χ1n) is 5.97. The molecule has 0 amide bonds. The minimum absolute atomic E-state index is 0.00322. The van der Waals surface area contributed by atoms with Crippen LogP contribution in [0.3, 0.4) is 0 Å². The lowest BCUT2D eigenvalue weighted by Crippen LogP contribution is -2.09. The highest BCUT2D eigenvalue weighted by Crippen LogP contribution is 2.28. The van der Waals surface area contributed by atoms with E-state index in [1.54, 1.807) is 11.3 Å². The minimum atomic E-state index is -1.07. The van der Waals surface area contributed by atoms with Crippen LogP contribution in [0.15, 0.2) is 12.3 Å². The average Bonchev–Trinajstić information content (AvgIpc) is 2.70. The third-order valence-electron chi connectivity index (χ3n) is 2.78. The van der Waals surface area contributed by atoms with Crippen LogP contribution in [0, 0.1) is 13.8 Å². The lowest BCUT2D eigenvalue weighted by atomic mass is 10.2. The maximum absolute atomic E-state index is 11.0. The van der Waals surface area contributed by atoms with Crippen LogP contribution in [-0.4, -0.2) is 21.0 Å². The molecule has 1 unspecified atom stereocenters. The zero-order valence-corrected chi connectivity index (χ0v) is 12.8. The number of hydrogen-bond donors (Lipinski definition) is 2. The molecule has 0 spiro atoms. The number of nitrogens with one attached hydrogen (secondary N) is 1. The maximum atomic E-state index is 11.0. The summed E-state index contributed by atoms with van der Waals surface area (Å²) in [7, 11) is 0. The zero-order chi connectivity index (χ0) is 14.9. The van der Waals surface area contributed by atoms with E-state index < -0.39 is 5.97 Å². The van der Waals surface area contributed by atoms with Crippen molar-refractivity contribution in [2.45, 2.75) is 26.8 Å². The number of anilines is 1. The van der Waals surface area contributed by atoms with Gasteiger partial charge >= 0.3 is 5.97 Å². The molecule has 2 N–H and O–H groups in total. The van der Waals surface area contributed by atoms with Gasteiger partial charge in [0.1, 0.15) is 5.82 Å². The van der Waals surface area contributed by atoms with Crippen LogP contribution in [0.1, 0.15) is 38.9 Å². The van der Waals surface area contributed by atoms with Crippen molar-refractivity contribution in [3.05, 3.63) is 38.4 Å². The molecule has 20 heavy (non-hydrogen) atoms. The molecule has 106 valence electrons. The molecule has 2 heterocycles. The van der Waals surface area contributed by atoms with Crippen LogP contribution in [-0.2, 0) is 0 Å². The van der Waals surface area contributed by atoms with Crippen molar-refractivity contribution in [1.82, 2.24) is 9.97 Å². The number of halogens is 1. The van der Waals surface area contributed by atoms with Crippen LogP contribution < -0.4 is 5.32 Å². The second-order valence-corrected chi connectivity index (χ2v) is 6.05. The number of carbonyl (C=O) groups is 1. The van der Waals surface area contributed by atoms with Gasteiger partial charge < -0.3 is 10.4 Å². The molecule has 5 nitrogen and oxygen atoms in total. The van der Waals surface area contributed by atoms with E-state index in [1.807, 2.05) is 20.8 Å². The first-order valence-corrected chi connectivity index (χ1v) is 7.17. The summed E-state index contributed by atoms with van der Waals surface area (Å²) in [6.07, 6.45) is 1.34. The van der Waals surface area contributed by atoms with Gasteiger partial charge in [0, 0.05) is 11.1 Å². The highest BCUT2D eigenvalue weighted by Gasteiger charge is 2.15. The molecular weight excluding hydrogens is 298 g/mol. The summed E-state index contributed by atoms with van der Waals surface area (Å²) < 4.78 is 0. The molecule has 0 saturated heterocycles. The second kappa shape index (κ2) is 5.76. The molecule has 0 fully saturated rings. The van der Waals surface area contributed by atoms with E-state index in [1.165, 1.54) is 12.3 Å². The lowest BCUT2D eigenvalue weighted by Gasteiger charge is -2.14. The highest BCUT2D eigenvalue weighted by molar-refractivity contribution is 7.11. The van der Waals surface area contributed by atoms with Crippen molar-refractivity contribution in [1.29, 1.82) is 0 Å². The van der Waals surface area contributed by atoms with Gasteiger partial charge in [-0.05, 0) is 26.8 Å². The van der Waals surface area contributed by atoms with Crippen molar-refractivity contribution in [2.24, 2.45) is 0 Å². The van der Waals surface area contributed by atoms with E-state index in [-0.39, 0.29) is 16.6 Å². The standard InChI is InChI=1S/C13H14ClN3O2S/c1-6-12(20-8(3)16-6)7(2)17-11-4-9(13(18)19)10(14)5-15-11/h4-5,7H,1-3H3,(H,15,17)(H,18,19). The Morgan fingerprint density at radius 3 is 2.75 bits per heavy atom. The molecule has 0 aliphatic heterocycles. The van der Waals surface area contributed by atoms with Gasteiger partial charge in [0.2, 0.25) is 0 Å². The fraction of sp³-hybridized carbons (Fsp3) is 0.308. The Hall–Kier alpha value is -1.66. The number of pyridine rings is 1. The second-order valence-electron chi connectivity index (χ2n) is 4.40. The quantitative estimate of drug-likeness (QED) is 0.901. The molecule has 7 heteroatoms. The Bertz CT molecular complexity index is 657. The number of hydrogen-bond acceptors (Lipinski definition) is 5. The predicted octanol–water partition coefficient (Wildman–Crippen LogP) is 3.68. The summed E-state index contributed by atoms with van der Waals surface area (Å²) in [4.78, 5) is 20.6. The molecule has 0 aliphatic rings. The molecule has 0 aromatic carbocycles. The fourth-order valence-corrected chi connectivity index (χ4v) is 3.03. The van der Waals surface area contributed by atoms with Crippen LogP contribution in [0.2, 0.25) is 5.02 Å². The number of aryl methyl sites for hydroxylation is 2. The summed E-state index contributed by atoms with van der Waals surface area (Å²) >= 11 is 7.41. The maximum Gasteiger partial charge on any atom is 0.337 e. The van der Waals surface area contributed by atoms with Gasteiger partial charge in [-0.3, -0.25) is 0 Å². The van der Waals surface area contributed by atoms with Crippen LogP contribution >= 0.6 is 22.9 Å².